The Kier molecular flexibility index (Phi) is 4.44. The Labute approximate surface area is 163 Å². The van der Waals surface area contributed by atoms with Gasteiger partial charge in [0.1, 0.15) is 11.0 Å². The largest absolute Gasteiger partial charge is 0.324 e. The summed E-state index contributed by atoms with van der Waals surface area (Å²) in [7, 11) is 0. The van der Waals surface area contributed by atoms with Crippen molar-refractivity contribution in [2.24, 2.45) is 0 Å². The highest BCUT2D eigenvalue weighted by atomic mass is 16.2. The van der Waals surface area contributed by atoms with Crippen molar-refractivity contribution in [3.63, 3.8) is 0 Å². The van der Waals surface area contributed by atoms with Gasteiger partial charge in [0.05, 0.1) is 5.69 Å². The van der Waals surface area contributed by atoms with Crippen molar-refractivity contribution in [1.29, 1.82) is 0 Å². The number of piperidine rings is 1. The molecule has 7 nitrogen and oxygen atoms in total. The van der Waals surface area contributed by atoms with E-state index in [1.165, 1.54) is 11.1 Å². The normalized spacial score (nSPS) is 18.2. The number of nitrogens with one attached hydrogen (secondary N) is 2. The Hall–Kier alpha value is -2.93. The summed E-state index contributed by atoms with van der Waals surface area (Å²) in [4.78, 5) is 17.2. The van der Waals surface area contributed by atoms with Crippen LogP contribution in [0.3, 0.4) is 0 Å². The Morgan fingerprint density at radius 1 is 1.00 bits per heavy atom. The summed E-state index contributed by atoms with van der Waals surface area (Å²) in [6, 6.07) is 14.9. The van der Waals surface area contributed by atoms with E-state index in [1.807, 2.05) is 23.1 Å². The molecule has 7 heteroatoms. The molecule has 0 aliphatic carbocycles. The molecule has 2 N–H and O–H groups in total. The number of benzene rings is 2. The fourth-order valence-corrected chi connectivity index (χ4v) is 4.43. The number of H-pyrrole nitrogens is 1. The summed E-state index contributed by atoms with van der Waals surface area (Å²) >= 11 is 0. The number of likely N-dealkylation sites (tertiary alicyclic amines) is 1. The lowest BCUT2D eigenvalue weighted by Crippen LogP contribution is -2.49. The van der Waals surface area contributed by atoms with Gasteiger partial charge in [0.25, 0.3) is 0 Å². The fraction of sp³-hybridized carbons (Fsp3) is 0.381. The average Bonchev–Trinajstić information content (AvgIpc) is 3.23. The fourth-order valence-electron chi connectivity index (χ4n) is 4.43. The standard InChI is InChI=1S/C21H24N6O/c28-21(22-18-6-3-7-19-20(18)24-25-23-19)26-12-9-17(10-13-26)27-11-8-15-4-1-2-5-16(15)14-27/h1-7,17H,8-14H2,(H,22,28)(H,23,24,25). The maximum absolute atomic E-state index is 12.7. The zero-order chi connectivity index (χ0) is 18.9. The number of aromatic amines is 1. The number of rotatable bonds is 2. The molecule has 0 radical (unpaired) electrons. The number of carbonyl (C=O) groups is 1. The summed E-state index contributed by atoms with van der Waals surface area (Å²) < 4.78 is 0. The zero-order valence-corrected chi connectivity index (χ0v) is 15.8. The van der Waals surface area contributed by atoms with Gasteiger partial charge in [-0.2, -0.15) is 15.4 Å². The Bertz CT molecular complexity index is 991. The molecule has 0 bridgehead atoms. The number of amides is 2. The Morgan fingerprint density at radius 3 is 2.68 bits per heavy atom. The van der Waals surface area contributed by atoms with E-state index in [0.717, 1.165) is 51.0 Å². The highest BCUT2D eigenvalue weighted by molar-refractivity contribution is 5.98. The van der Waals surface area contributed by atoms with Crippen LogP contribution in [-0.2, 0) is 13.0 Å². The summed E-state index contributed by atoms with van der Waals surface area (Å²) in [6.45, 7) is 3.70. The number of nitrogens with zero attached hydrogens (tertiary/aromatic N) is 4. The second-order valence-electron chi connectivity index (χ2n) is 7.63. The van der Waals surface area contributed by atoms with Crippen LogP contribution >= 0.6 is 0 Å². The zero-order valence-electron chi connectivity index (χ0n) is 15.8. The van der Waals surface area contributed by atoms with E-state index in [0.29, 0.717) is 17.2 Å². The molecule has 3 aromatic rings. The molecule has 0 saturated carbocycles. The third-order valence-corrected chi connectivity index (χ3v) is 6.02. The molecule has 28 heavy (non-hydrogen) atoms. The molecular weight excluding hydrogens is 352 g/mol. The molecule has 0 spiro atoms. The van der Waals surface area contributed by atoms with Crippen molar-refractivity contribution in [2.75, 3.05) is 25.0 Å². The van der Waals surface area contributed by atoms with E-state index in [2.05, 4.69) is 49.9 Å². The third-order valence-electron chi connectivity index (χ3n) is 6.02. The minimum atomic E-state index is -0.0575. The molecule has 2 aromatic carbocycles. The number of fused-ring (bicyclic) bond motifs is 2. The number of urea groups is 1. The van der Waals surface area contributed by atoms with Crippen LogP contribution < -0.4 is 5.32 Å². The SMILES string of the molecule is O=C(Nc1cccc2n[nH]nc12)N1CCC(N2CCc3ccccc3C2)CC1. The van der Waals surface area contributed by atoms with E-state index < -0.39 is 0 Å². The predicted molar refractivity (Wildman–Crippen MR) is 108 cm³/mol. The second-order valence-corrected chi connectivity index (χ2v) is 7.63. The Morgan fingerprint density at radius 2 is 1.82 bits per heavy atom. The first-order valence-electron chi connectivity index (χ1n) is 9.94. The molecule has 1 saturated heterocycles. The molecular formula is C21H24N6O. The lowest BCUT2D eigenvalue weighted by molar-refractivity contribution is 0.111. The molecule has 144 valence electrons. The van der Waals surface area contributed by atoms with E-state index in [9.17, 15) is 4.79 Å². The second kappa shape index (κ2) is 7.24. The molecule has 5 rings (SSSR count). The van der Waals surface area contributed by atoms with E-state index in [-0.39, 0.29) is 6.03 Å². The van der Waals surface area contributed by atoms with Gasteiger partial charge in [-0.15, -0.1) is 0 Å². The smallest absolute Gasteiger partial charge is 0.321 e. The monoisotopic (exact) mass is 376 g/mol. The molecule has 2 amide bonds. The Balaban J connectivity index is 1.19. The van der Waals surface area contributed by atoms with Crippen LogP contribution in [0.25, 0.3) is 11.0 Å². The third kappa shape index (κ3) is 3.22. The average molecular weight is 376 g/mol. The number of para-hydroxylation sites is 1. The molecule has 1 aromatic heterocycles. The predicted octanol–water partition coefficient (Wildman–Crippen LogP) is 3.01. The first-order valence-corrected chi connectivity index (χ1v) is 9.94. The van der Waals surface area contributed by atoms with Gasteiger partial charge in [0.2, 0.25) is 0 Å². The maximum Gasteiger partial charge on any atom is 0.321 e. The molecule has 1 fully saturated rings. The van der Waals surface area contributed by atoms with Gasteiger partial charge in [-0.1, -0.05) is 30.3 Å². The lowest BCUT2D eigenvalue weighted by atomic mass is 9.95. The van der Waals surface area contributed by atoms with Crippen LogP contribution in [0.2, 0.25) is 0 Å². The first-order chi connectivity index (χ1) is 13.8. The highest BCUT2D eigenvalue weighted by Gasteiger charge is 2.29. The van der Waals surface area contributed by atoms with E-state index >= 15 is 0 Å². The van der Waals surface area contributed by atoms with Crippen LogP contribution in [0, 0.1) is 0 Å². The highest BCUT2D eigenvalue weighted by Crippen LogP contribution is 2.25. The van der Waals surface area contributed by atoms with Crippen molar-refractivity contribution in [1.82, 2.24) is 25.2 Å². The minimum Gasteiger partial charge on any atom is -0.324 e. The molecule has 0 atom stereocenters. The quantitative estimate of drug-likeness (QED) is 0.721. The number of carbonyl (C=O) groups excluding carboxylic acids is 1. The van der Waals surface area contributed by atoms with Crippen molar-refractivity contribution >= 4 is 22.8 Å². The number of aromatic nitrogens is 3. The number of hydrogen-bond acceptors (Lipinski definition) is 4. The first kappa shape index (κ1) is 17.2. The van der Waals surface area contributed by atoms with Crippen LogP contribution in [0.1, 0.15) is 24.0 Å². The summed E-state index contributed by atoms with van der Waals surface area (Å²) in [5, 5.41) is 13.8. The van der Waals surface area contributed by atoms with Crippen LogP contribution in [0.15, 0.2) is 42.5 Å². The summed E-state index contributed by atoms with van der Waals surface area (Å²) in [5.74, 6) is 0. The van der Waals surface area contributed by atoms with Gasteiger partial charge >= 0.3 is 6.03 Å². The van der Waals surface area contributed by atoms with Crippen LogP contribution in [0.5, 0.6) is 0 Å². The lowest BCUT2D eigenvalue weighted by Gasteiger charge is -2.40. The molecule has 0 unspecified atom stereocenters. The van der Waals surface area contributed by atoms with Crippen LogP contribution in [0.4, 0.5) is 10.5 Å². The summed E-state index contributed by atoms with van der Waals surface area (Å²) in [6.07, 6.45) is 3.16. The van der Waals surface area contributed by atoms with E-state index in [1.54, 1.807) is 0 Å². The van der Waals surface area contributed by atoms with Gasteiger partial charge < -0.3 is 10.2 Å². The molecule has 2 aliphatic rings. The van der Waals surface area contributed by atoms with Crippen molar-refractivity contribution in [3.05, 3.63) is 53.6 Å². The van der Waals surface area contributed by atoms with Crippen molar-refractivity contribution in [2.45, 2.75) is 31.8 Å². The van der Waals surface area contributed by atoms with Crippen molar-refractivity contribution in [3.8, 4) is 0 Å². The summed E-state index contributed by atoms with van der Waals surface area (Å²) in [5.41, 5.74) is 5.08. The van der Waals surface area contributed by atoms with Gasteiger partial charge in [-0.05, 0) is 42.5 Å². The van der Waals surface area contributed by atoms with Crippen LogP contribution in [-0.4, -0.2) is 56.9 Å². The molecule has 2 aliphatic heterocycles. The van der Waals surface area contributed by atoms with Crippen molar-refractivity contribution < 1.29 is 4.79 Å². The number of anilines is 1. The maximum atomic E-state index is 12.7. The number of hydrogen-bond donors (Lipinski definition) is 2. The van der Waals surface area contributed by atoms with Gasteiger partial charge in [0, 0.05) is 32.2 Å². The van der Waals surface area contributed by atoms with Gasteiger partial charge in [0.15, 0.2) is 0 Å². The molecule has 3 heterocycles. The topological polar surface area (TPSA) is 77.1 Å². The van der Waals surface area contributed by atoms with Gasteiger partial charge in [-0.25, -0.2) is 4.79 Å². The minimum absolute atomic E-state index is 0.0575. The van der Waals surface area contributed by atoms with E-state index in [4.69, 9.17) is 0 Å². The van der Waals surface area contributed by atoms with Gasteiger partial charge in [-0.3, -0.25) is 4.90 Å².